The van der Waals surface area contributed by atoms with E-state index in [1.807, 2.05) is 7.05 Å². The molecule has 0 fully saturated rings. The van der Waals surface area contributed by atoms with Crippen LogP contribution in [0.25, 0.3) is 0 Å². The zero-order valence-corrected chi connectivity index (χ0v) is 10.0. The lowest BCUT2D eigenvalue weighted by Crippen LogP contribution is -2.32. The van der Waals surface area contributed by atoms with Crippen molar-refractivity contribution in [2.75, 3.05) is 34.0 Å². The van der Waals surface area contributed by atoms with Gasteiger partial charge in [-0.3, -0.25) is 4.79 Å². The molecule has 0 atom stereocenters. The molecule has 92 valence electrons. The second kappa shape index (κ2) is 5.05. The highest BCUT2D eigenvalue weighted by atomic mass is 16.7. The lowest BCUT2D eigenvalue weighted by atomic mass is 10.2. The number of rotatable bonds is 4. The molecule has 5 heteroatoms. The molecule has 1 heterocycles. The maximum absolute atomic E-state index is 12.1. The number of amides is 1. The highest BCUT2D eigenvalue weighted by Gasteiger charge is 2.17. The Bertz CT molecular complexity index is 420. The molecule has 5 nitrogen and oxygen atoms in total. The van der Waals surface area contributed by atoms with Gasteiger partial charge in [0.15, 0.2) is 11.5 Å². The fourth-order valence-electron chi connectivity index (χ4n) is 1.63. The van der Waals surface area contributed by atoms with E-state index >= 15 is 0 Å². The Morgan fingerprint density at radius 1 is 1.41 bits per heavy atom. The van der Waals surface area contributed by atoms with Crippen LogP contribution in [0.2, 0.25) is 0 Å². The van der Waals surface area contributed by atoms with Gasteiger partial charge in [0.2, 0.25) is 6.79 Å². The van der Waals surface area contributed by atoms with E-state index in [1.165, 1.54) is 0 Å². The Kier molecular flexibility index (Phi) is 3.49. The molecule has 0 spiro atoms. The summed E-state index contributed by atoms with van der Waals surface area (Å²) in [6.45, 7) is 1.67. The average Bonchev–Trinajstić information content (AvgIpc) is 2.81. The fraction of sp³-hybridized carbons (Fsp3) is 0.417. The van der Waals surface area contributed by atoms with Crippen LogP contribution in [0.15, 0.2) is 18.2 Å². The summed E-state index contributed by atoms with van der Waals surface area (Å²) in [6, 6.07) is 5.24. The molecular formula is C12H16N2O3. The molecule has 1 aliphatic rings. The van der Waals surface area contributed by atoms with E-state index in [9.17, 15) is 4.79 Å². The second-order valence-electron chi connectivity index (χ2n) is 3.90. The monoisotopic (exact) mass is 236 g/mol. The molecule has 1 amide bonds. The summed E-state index contributed by atoms with van der Waals surface area (Å²) in [7, 11) is 3.64. The Balaban J connectivity index is 2.09. The first-order chi connectivity index (χ1) is 8.22. The van der Waals surface area contributed by atoms with E-state index in [-0.39, 0.29) is 12.7 Å². The fourth-order valence-corrected chi connectivity index (χ4v) is 1.63. The molecule has 0 saturated carbocycles. The Morgan fingerprint density at radius 2 is 2.18 bits per heavy atom. The highest BCUT2D eigenvalue weighted by molar-refractivity contribution is 5.94. The summed E-state index contributed by atoms with van der Waals surface area (Å²) in [5.41, 5.74) is 0.618. The van der Waals surface area contributed by atoms with Crippen LogP contribution in [0.1, 0.15) is 10.4 Å². The Hall–Kier alpha value is -1.75. The van der Waals surface area contributed by atoms with Crippen molar-refractivity contribution in [3.05, 3.63) is 23.8 Å². The quantitative estimate of drug-likeness (QED) is 0.836. The van der Waals surface area contributed by atoms with E-state index in [0.29, 0.717) is 23.6 Å². The predicted molar refractivity (Wildman–Crippen MR) is 63.5 cm³/mol. The average molecular weight is 236 g/mol. The lowest BCUT2D eigenvalue weighted by Gasteiger charge is -2.16. The number of hydrogen-bond acceptors (Lipinski definition) is 4. The maximum Gasteiger partial charge on any atom is 0.253 e. The van der Waals surface area contributed by atoms with Gasteiger partial charge in [-0.25, -0.2) is 0 Å². The minimum Gasteiger partial charge on any atom is -0.454 e. The van der Waals surface area contributed by atoms with E-state index in [1.54, 1.807) is 30.1 Å². The number of carbonyl (C=O) groups is 1. The summed E-state index contributed by atoms with van der Waals surface area (Å²) in [5, 5.41) is 3.01. The van der Waals surface area contributed by atoms with Crippen molar-refractivity contribution in [2.45, 2.75) is 0 Å². The summed E-state index contributed by atoms with van der Waals surface area (Å²) in [5.74, 6) is 1.32. The zero-order valence-electron chi connectivity index (χ0n) is 10.0. The van der Waals surface area contributed by atoms with Gasteiger partial charge in [0.05, 0.1) is 0 Å². The molecule has 1 N–H and O–H groups in total. The molecule has 0 aliphatic carbocycles. The van der Waals surface area contributed by atoms with Crippen LogP contribution >= 0.6 is 0 Å². The van der Waals surface area contributed by atoms with E-state index < -0.39 is 0 Å². The van der Waals surface area contributed by atoms with Gasteiger partial charge in [-0.15, -0.1) is 0 Å². The molecule has 0 bridgehead atoms. The van der Waals surface area contributed by atoms with E-state index in [4.69, 9.17) is 9.47 Å². The number of ether oxygens (including phenoxy) is 2. The molecule has 1 aliphatic heterocycles. The maximum atomic E-state index is 12.1. The predicted octanol–water partition coefficient (Wildman–Crippen LogP) is 0.707. The van der Waals surface area contributed by atoms with Crippen molar-refractivity contribution in [3.8, 4) is 11.5 Å². The molecule has 1 aromatic rings. The van der Waals surface area contributed by atoms with Gasteiger partial charge in [0, 0.05) is 25.7 Å². The van der Waals surface area contributed by atoms with Gasteiger partial charge in [-0.05, 0) is 25.2 Å². The minimum atomic E-state index is -0.0152. The first-order valence-corrected chi connectivity index (χ1v) is 5.52. The van der Waals surface area contributed by atoms with Crippen molar-refractivity contribution in [1.82, 2.24) is 10.2 Å². The molecule has 17 heavy (non-hydrogen) atoms. The number of likely N-dealkylation sites (N-methyl/N-ethyl adjacent to an activating group) is 2. The van der Waals surface area contributed by atoms with Gasteiger partial charge in [0.1, 0.15) is 0 Å². The normalized spacial score (nSPS) is 12.6. The number of benzene rings is 1. The number of fused-ring (bicyclic) bond motifs is 1. The standard InChI is InChI=1S/C12H16N2O3/c1-13-5-6-14(2)12(15)9-3-4-10-11(7-9)17-8-16-10/h3-4,7,13H,5-6,8H2,1-2H3. The van der Waals surface area contributed by atoms with Crippen molar-refractivity contribution in [2.24, 2.45) is 0 Å². The van der Waals surface area contributed by atoms with Crippen LogP contribution in [-0.4, -0.2) is 44.8 Å². The highest BCUT2D eigenvalue weighted by Crippen LogP contribution is 2.32. The van der Waals surface area contributed by atoms with Crippen molar-refractivity contribution >= 4 is 5.91 Å². The second-order valence-corrected chi connectivity index (χ2v) is 3.90. The van der Waals surface area contributed by atoms with Crippen molar-refractivity contribution in [1.29, 1.82) is 0 Å². The lowest BCUT2D eigenvalue weighted by molar-refractivity contribution is 0.0796. The van der Waals surface area contributed by atoms with Crippen LogP contribution in [0.3, 0.4) is 0 Å². The largest absolute Gasteiger partial charge is 0.454 e. The summed E-state index contributed by atoms with van der Waals surface area (Å²) in [4.78, 5) is 13.7. The third-order valence-electron chi connectivity index (χ3n) is 2.66. The van der Waals surface area contributed by atoms with Crippen molar-refractivity contribution < 1.29 is 14.3 Å². The van der Waals surface area contributed by atoms with Crippen LogP contribution in [0.5, 0.6) is 11.5 Å². The number of nitrogens with zero attached hydrogens (tertiary/aromatic N) is 1. The van der Waals surface area contributed by atoms with Gasteiger partial charge in [0.25, 0.3) is 5.91 Å². The molecule has 0 radical (unpaired) electrons. The van der Waals surface area contributed by atoms with Gasteiger partial charge >= 0.3 is 0 Å². The third kappa shape index (κ3) is 2.50. The number of hydrogen-bond donors (Lipinski definition) is 1. The summed E-state index contributed by atoms with van der Waals surface area (Å²) < 4.78 is 10.4. The zero-order chi connectivity index (χ0) is 12.3. The van der Waals surface area contributed by atoms with E-state index in [0.717, 1.165) is 6.54 Å². The first kappa shape index (κ1) is 11.7. The molecule has 1 aromatic carbocycles. The molecule has 0 unspecified atom stereocenters. The first-order valence-electron chi connectivity index (χ1n) is 5.52. The molecular weight excluding hydrogens is 220 g/mol. The smallest absolute Gasteiger partial charge is 0.253 e. The number of nitrogens with one attached hydrogen (secondary N) is 1. The Morgan fingerprint density at radius 3 is 2.94 bits per heavy atom. The van der Waals surface area contributed by atoms with Gasteiger partial charge in [-0.2, -0.15) is 0 Å². The molecule has 0 aromatic heterocycles. The van der Waals surface area contributed by atoms with Crippen LogP contribution in [0.4, 0.5) is 0 Å². The minimum absolute atomic E-state index is 0.0152. The van der Waals surface area contributed by atoms with Gasteiger partial charge < -0.3 is 19.7 Å². The summed E-state index contributed by atoms with van der Waals surface area (Å²) >= 11 is 0. The number of carbonyl (C=O) groups excluding carboxylic acids is 1. The van der Waals surface area contributed by atoms with Crippen LogP contribution < -0.4 is 14.8 Å². The van der Waals surface area contributed by atoms with Crippen LogP contribution in [0, 0.1) is 0 Å². The molecule has 0 saturated heterocycles. The van der Waals surface area contributed by atoms with Crippen molar-refractivity contribution in [3.63, 3.8) is 0 Å². The Labute approximate surface area is 100 Å². The van der Waals surface area contributed by atoms with E-state index in [2.05, 4.69) is 5.32 Å². The van der Waals surface area contributed by atoms with Crippen LogP contribution in [-0.2, 0) is 0 Å². The molecule has 2 rings (SSSR count). The van der Waals surface area contributed by atoms with Gasteiger partial charge in [-0.1, -0.05) is 0 Å². The topological polar surface area (TPSA) is 50.8 Å². The third-order valence-corrected chi connectivity index (χ3v) is 2.66. The SMILES string of the molecule is CNCCN(C)C(=O)c1ccc2c(c1)OCO2. The summed E-state index contributed by atoms with van der Waals surface area (Å²) in [6.07, 6.45) is 0.